The number of methoxy groups -OCH3 is 4. The van der Waals surface area contributed by atoms with Crippen molar-refractivity contribution in [2.24, 2.45) is 0 Å². The Morgan fingerprint density at radius 2 is 1.52 bits per heavy atom. The monoisotopic (exact) mass is 545 g/mol. The van der Waals surface area contributed by atoms with Gasteiger partial charge in [0.2, 0.25) is 5.91 Å². The minimum absolute atomic E-state index is 0.0287. The molecule has 2 atom stereocenters. The molecule has 3 aromatic carbocycles. The van der Waals surface area contributed by atoms with Crippen molar-refractivity contribution in [3.63, 3.8) is 0 Å². The minimum Gasteiger partial charge on any atom is -0.493 e. The van der Waals surface area contributed by atoms with Crippen LogP contribution in [-0.4, -0.2) is 56.1 Å². The molecular formula is C29H27N3O8. The van der Waals surface area contributed by atoms with Gasteiger partial charge in [-0.05, 0) is 53.1 Å². The van der Waals surface area contributed by atoms with E-state index < -0.39 is 28.8 Å². The first-order chi connectivity index (χ1) is 19.3. The summed E-state index contributed by atoms with van der Waals surface area (Å²) in [5, 5.41) is 14.8. The first-order valence-electron chi connectivity index (χ1n) is 12.4. The SMILES string of the molecule is COc1ccc(/C=C2\NC(=O)[C@@H]3Cc4cc(OC)c(OC)cc4[C@@H](c4ccccc4[N+](=O)[O-])N3C2=O)cc1OC. The summed E-state index contributed by atoms with van der Waals surface area (Å²) < 4.78 is 21.6. The molecule has 2 amide bonds. The van der Waals surface area contributed by atoms with Gasteiger partial charge in [0.15, 0.2) is 23.0 Å². The van der Waals surface area contributed by atoms with Gasteiger partial charge in [-0.3, -0.25) is 19.7 Å². The van der Waals surface area contributed by atoms with E-state index >= 15 is 0 Å². The second-order valence-electron chi connectivity index (χ2n) is 9.22. The maximum atomic E-state index is 14.1. The highest BCUT2D eigenvalue weighted by molar-refractivity contribution is 6.08. The van der Waals surface area contributed by atoms with Gasteiger partial charge in [0.1, 0.15) is 11.7 Å². The molecule has 5 rings (SSSR count). The lowest BCUT2D eigenvalue weighted by Crippen LogP contribution is -2.60. The minimum atomic E-state index is -0.942. The molecule has 2 heterocycles. The summed E-state index contributed by atoms with van der Waals surface area (Å²) in [6.45, 7) is 0. The highest BCUT2D eigenvalue weighted by Crippen LogP contribution is 2.46. The van der Waals surface area contributed by atoms with E-state index in [1.54, 1.807) is 54.6 Å². The first-order valence-corrected chi connectivity index (χ1v) is 12.4. The molecule has 0 spiro atoms. The Morgan fingerprint density at radius 1 is 0.875 bits per heavy atom. The van der Waals surface area contributed by atoms with Crippen LogP contribution in [0, 0.1) is 10.1 Å². The van der Waals surface area contributed by atoms with Crippen LogP contribution in [0.2, 0.25) is 0 Å². The van der Waals surface area contributed by atoms with E-state index in [-0.39, 0.29) is 23.4 Å². The van der Waals surface area contributed by atoms with Crippen molar-refractivity contribution in [3.8, 4) is 23.0 Å². The summed E-state index contributed by atoms with van der Waals surface area (Å²) >= 11 is 0. The number of fused-ring (bicyclic) bond motifs is 2. The van der Waals surface area contributed by atoms with Gasteiger partial charge in [-0.1, -0.05) is 18.2 Å². The molecule has 40 heavy (non-hydrogen) atoms. The van der Waals surface area contributed by atoms with Gasteiger partial charge >= 0.3 is 0 Å². The molecule has 0 bridgehead atoms. The molecular weight excluding hydrogens is 518 g/mol. The topological polar surface area (TPSA) is 129 Å². The zero-order chi connectivity index (χ0) is 28.6. The van der Waals surface area contributed by atoms with E-state index in [4.69, 9.17) is 18.9 Å². The van der Waals surface area contributed by atoms with Crippen LogP contribution in [0.1, 0.15) is 28.3 Å². The zero-order valence-corrected chi connectivity index (χ0v) is 22.3. The van der Waals surface area contributed by atoms with E-state index in [1.165, 1.54) is 39.4 Å². The summed E-state index contributed by atoms with van der Waals surface area (Å²) in [6.07, 6.45) is 1.73. The number of hydrogen-bond acceptors (Lipinski definition) is 8. The molecule has 2 aliphatic rings. The van der Waals surface area contributed by atoms with Gasteiger partial charge in [0.25, 0.3) is 11.6 Å². The Hall–Kier alpha value is -5.06. The first kappa shape index (κ1) is 26.5. The fourth-order valence-corrected chi connectivity index (χ4v) is 5.30. The number of nitro groups is 1. The van der Waals surface area contributed by atoms with Gasteiger partial charge in [-0.2, -0.15) is 0 Å². The summed E-state index contributed by atoms with van der Waals surface area (Å²) in [6, 6.07) is 12.9. The molecule has 3 aromatic rings. The number of carbonyl (C=O) groups excluding carboxylic acids is 2. The molecule has 0 unspecified atom stereocenters. The molecule has 1 N–H and O–H groups in total. The Bertz CT molecular complexity index is 1550. The Balaban J connectivity index is 1.69. The maximum Gasteiger partial charge on any atom is 0.275 e. The van der Waals surface area contributed by atoms with Crippen molar-refractivity contribution >= 4 is 23.6 Å². The van der Waals surface area contributed by atoms with Crippen LogP contribution in [0.4, 0.5) is 5.69 Å². The van der Waals surface area contributed by atoms with E-state index in [1.807, 2.05) is 0 Å². The molecule has 11 heteroatoms. The summed E-state index contributed by atoms with van der Waals surface area (Å²) in [5.74, 6) is 0.927. The fraction of sp³-hybridized carbons (Fsp3) is 0.241. The number of carbonyl (C=O) groups is 2. The van der Waals surface area contributed by atoms with Crippen LogP contribution >= 0.6 is 0 Å². The van der Waals surface area contributed by atoms with Crippen LogP contribution in [0.15, 0.2) is 60.3 Å². The lowest BCUT2D eigenvalue weighted by Gasteiger charge is -2.45. The molecule has 0 saturated carbocycles. The molecule has 0 aliphatic carbocycles. The van der Waals surface area contributed by atoms with Gasteiger partial charge in [0.05, 0.1) is 45.0 Å². The van der Waals surface area contributed by atoms with Crippen molar-refractivity contribution in [2.75, 3.05) is 28.4 Å². The quantitative estimate of drug-likeness (QED) is 0.271. The average Bonchev–Trinajstić information content (AvgIpc) is 2.97. The van der Waals surface area contributed by atoms with Crippen LogP contribution in [0.25, 0.3) is 6.08 Å². The number of benzene rings is 3. The number of amides is 2. The van der Waals surface area contributed by atoms with Gasteiger partial charge in [0, 0.05) is 12.5 Å². The molecule has 206 valence electrons. The molecule has 11 nitrogen and oxygen atoms in total. The second kappa shape index (κ2) is 10.6. The smallest absolute Gasteiger partial charge is 0.275 e. The van der Waals surface area contributed by atoms with Crippen LogP contribution in [-0.2, 0) is 16.0 Å². The largest absolute Gasteiger partial charge is 0.493 e. The number of nitrogens with zero attached hydrogens (tertiary/aromatic N) is 2. The molecule has 0 radical (unpaired) electrons. The van der Waals surface area contributed by atoms with Crippen molar-refractivity contribution in [1.82, 2.24) is 10.2 Å². The van der Waals surface area contributed by atoms with E-state index in [0.717, 1.165) is 5.56 Å². The van der Waals surface area contributed by atoms with Crippen molar-refractivity contribution in [3.05, 3.63) is 92.7 Å². The predicted octanol–water partition coefficient (Wildman–Crippen LogP) is 3.64. The lowest BCUT2D eigenvalue weighted by molar-refractivity contribution is -0.385. The number of ether oxygens (including phenoxy) is 4. The Kier molecular flexibility index (Phi) is 7.03. The third kappa shape index (κ3) is 4.45. The summed E-state index contributed by atoms with van der Waals surface area (Å²) in [7, 11) is 6.00. The normalized spacial score (nSPS) is 18.9. The highest BCUT2D eigenvalue weighted by Gasteiger charge is 2.48. The zero-order valence-electron chi connectivity index (χ0n) is 22.3. The van der Waals surface area contributed by atoms with Crippen molar-refractivity contribution < 1.29 is 33.5 Å². The molecule has 0 aromatic heterocycles. The number of para-hydroxylation sites is 1. The van der Waals surface area contributed by atoms with Crippen molar-refractivity contribution in [1.29, 1.82) is 0 Å². The number of nitro benzene ring substituents is 1. The average molecular weight is 546 g/mol. The number of rotatable bonds is 7. The van der Waals surface area contributed by atoms with Crippen LogP contribution in [0.5, 0.6) is 23.0 Å². The maximum absolute atomic E-state index is 14.1. The van der Waals surface area contributed by atoms with Crippen molar-refractivity contribution in [2.45, 2.75) is 18.5 Å². The van der Waals surface area contributed by atoms with Crippen LogP contribution in [0.3, 0.4) is 0 Å². The molecule has 1 saturated heterocycles. The molecule has 2 aliphatic heterocycles. The highest BCUT2D eigenvalue weighted by atomic mass is 16.6. The Labute approximate surface area is 230 Å². The van der Waals surface area contributed by atoms with Gasteiger partial charge in [-0.15, -0.1) is 0 Å². The number of hydrogen-bond donors (Lipinski definition) is 1. The third-order valence-electron chi connectivity index (χ3n) is 7.14. The number of piperazine rings is 1. The molecule has 1 fully saturated rings. The second-order valence-corrected chi connectivity index (χ2v) is 9.22. The summed E-state index contributed by atoms with van der Waals surface area (Å²) in [5.41, 5.74) is 2.05. The lowest BCUT2D eigenvalue weighted by atomic mass is 9.82. The van der Waals surface area contributed by atoms with Crippen LogP contribution < -0.4 is 24.3 Å². The summed E-state index contributed by atoms with van der Waals surface area (Å²) in [4.78, 5) is 40.6. The fourth-order valence-electron chi connectivity index (χ4n) is 5.30. The van der Waals surface area contributed by atoms with E-state index in [9.17, 15) is 19.7 Å². The predicted molar refractivity (Wildman–Crippen MR) is 144 cm³/mol. The number of nitrogens with one attached hydrogen (secondary N) is 1. The Morgan fingerprint density at radius 3 is 2.20 bits per heavy atom. The van der Waals surface area contributed by atoms with Gasteiger partial charge in [-0.25, -0.2) is 0 Å². The third-order valence-corrected chi connectivity index (χ3v) is 7.14. The van der Waals surface area contributed by atoms with E-state index in [0.29, 0.717) is 34.1 Å². The standard InChI is InChI=1S/C29H27N3O8/c1-37-23-10-9-16(12-24(23)38-2)11-20-29(34)31-22(28(33)30-20)13-17-14-25(39-3)26(40-4)15-19(17)27(31)18-7-5-6-8-21(18)32(35)36/h5-12,14-15,22,27H,13H2,1-4H3,(H,30,33)/b20-11-/t22-,27+/m0/s1. The van der Waals surface area contributed by atoms with Gasteiger partial charge < -0.3 is 29.2 Å². The van der Waals surface area contributed by atoms with E-state index in [2.05, 4.69) is 5.32 Å².